The Bertz CT molecular complexity index is 508. The number of phenols is 1. The molecule has 1 saturated heterocycles. The highest BCUT2D eigenvalue weighted by Gasteiger charge is 2.31. The maximum absolute atomic E-state index is 12.5. The van der Waals surface area contributed by atoms with E-state index in [-0.39, 0.29) is 17.3 Å². The van der Waals surface area contributed by atoms with E-state index in [4.69, 9.17) is 4.74 Å². The number of ether oxygens (including phenoxy) is 1. The molecule has 0 aromatic heterocycles. The molecule has 0 aliphatic carbocycles. The first-order valence-corrected chi connectivity index (χ1v) is 6.54. The van der Waals surface area contributed by atoms with Crippen LogP contribution in [0, 0.1) is 13.8 Å². The molecule has 1 fully saturated rings. The molecule has 2 rings (SSSR count). The molecule has 0 saturated carbocycles. The number of rotatable bonds is 1. The predicted molar refractivity (Wildman–Crippen MR) is 73.5 cm³/mol. The first kappa shape index (κ1) is 13.9. The molecule has 0 atom stereocenters. The largest absolute Gasteiger partial charge is 0.507 e. The van der Waals surface area contributed by atoms with Crippen molar-refractivity contribution in [3.8, 4) is 5.75 Å². The van der Waals surface area contributed by atoms with Crippen molar-refractivity contribution >= 4 is 5.91 Å². The fourth-order valence-corrected chi connectivity index (χ4v) is 2.33. The van der Waals surface area contributed by atoms with Crippen molar-refractivity contribution in [2.75, 3.05) is 19.7 Å². The van der Waals surface area contributed by atoms with Crippen molar-refractivity contribution in [3.63, 3.8) is 0 Å². The molecule has 4 heteroatoms. The first-order chi connectivity index (χ1) is 8.82. The SMILES string of the molecule is Cc1ccc(C(=O)N2CCOC(C)(C)C2)c(O)c1C. The second-order valence-corrected chi connectivity index (χ2v) is 5.74. The summed E-state index contributed by atoms with van der Waals surface area (Å²) in [5.41, 5.74) is 1.79. The molecule has 0 bridgehead atoms. The molecule has 1 aliphatic heterocycles. The van der Waals surface area contributed by atoms with Crippen LogP contribution in [-0.4, -0.2) is 41.2 Å². The van der Waals surface area contributed by atoms with Crippen molar-refractivity contribution in [2.45, 2.75) is 33.3 Å². The number of carbonyl (C=O) groups excluding carboxylic acids is 1. The Morgan fingerprint density at radius 2 is 2.05 bits per heavy atom. The van der Waals surface area contributed by atoms with Gasteiger partial charge in [0, 0.05) is 13.1 Å². The van der Waals surface area contributed by atoms with Gasteiger partial charge >= 0.3 is 0 Å². The lowest BCUT2D eigenvalue weighted by Crippen LogP contribution is -2.50. The lowest BCUT2D eigenvalue weighted by molar-refractivity contribution is -0.0764. The molecule has 1 heterocycles. The number of benzene rings is 1. The van der Waals surface area contributed by atoms with E-state index < -0.39 is 0 Å². The van der Waals surface area contributed by atoms with Crippen LogP contribution in [0.5, 0.6) is 5.75 Å². The van der Waals surface area contributed by atoms with Gasteiger partial charge in [-0.1, -0.05) is 6.07 Å². The summed E-state index contributed by atoms with van der Waals surface area (Å²) >= 11 is 0. The normalized spacial score (nSPS) is 18.4. The fourth-order valence-electron chi connectivity index (χ4n) is 2.33. The monoisotopic (exact) mass is 263 g/mol. The van der Waals surface area contributed by atoms with E-state index in [1.165, 1.54) is 0 Å². The molecule has 0 radical (unpaired) electrons. The quantitative estimate of drug-likeness (QED) is 0.845. The Morgan fingerprint density at radius 3 is 2.68 bits per heavy atom. The third-order valence-corrected chi connectivity index (χ3v) is 3.65. The zero-order valence-corrected chi connectivity index (χ0v) is 12.0. The number of hydrogen-bond acceptors (Lipinski definition) is 3. The van der Waals surface area contributed by atoms with Crippen molar-refractivity contribution in [3.05, 3.63) is 28.8 Å². The number of carbonyl (C=O) groups is 1. The van der Waals surface area contributed by atoms with Gasteiger partial charge in [0.25, 0.3) is 5.91 Å². The van der Waals surface area contributed by atoms with Crippen LogP contribution in [0.25, 0.3) is 0 Å². The number of aromatic hydroxyl groups is 1. The van der Waals surface area contributed by atoms with E-state index in [1.54, 1.807) is 11.0 Å². The Labute approximate surface area is 114 Å². The third kappa shape index (κ3) is 2.73. The van der Waals surface area contributed by atoms with Gasteiger partial charge in [-0.05, 0) is 44.9 Å². The number of nitrogens with zero attached hydrogens (tertiary/aromatic N) is 1. The summed E-state index contributed by atoms with van der Waals surface area (Å²) in [6, 6.07) is 3.57. The van der Waals surface area contributed by atoms with Crippen LogP contribution in [-0.2, 0) is 4.74 Å². The van der Waals surface area contributed by atoms with Crippen molar-refractivity contribution in [1.29, 1.82) is 0 Å². The topological polar surface area (TPSA) is 49.8 Å². The maximum atomic E-state index is 12.5. The highest BCUT2D eigenvalue weighted by atomic mass is 16.5. The lowest BCUT2D eigenvalue weighted by atomic mass is 10.0. The van der Waals surface area contributed by atoms with Crippen molar-refractivity contribution < 1.29 is 14.6 Å². The van der Waals surface area contributed by atoms with E-state index in [9.17, 15) is 9.90 Å². The predicted octanol–water partition coefficient (Wildman–Crippen LogP) is 2.26. The van der Waals surface area contributed by atoms with Gasteiger partial charge in [-0.25, -0.2) is 0 Å². The second-order valence-electron chi connectivity index (χ2n) is 5.74. The minimum atomic E-state index is -0.330. The van der Waals surface area contributed by atoms with Gasteiger partial charge < -0.3 is 14.7 Å². The fraction of sp³-hybridized carbons (Fsp3) is 0.533. The average Bonchev–Trinajstić information content (AvgIpc) is 2.34. The van der Waals surface area contributed by atoms with Crippen LogP contribution in [0.4, 0.5) is 0 Å². The van der Waals surface area contributed by atoms with Gasteiger partial charge in [0.05, 0.1) is 17.8 Å². The van der Waals surface area contributed by atoms with Crippen molar-refractivity contribution in [2.24, 2.45) is 0 Å². The summed E-state index contributed by atoms with van der Waals surface area (Å²) in [6.07, 6.45) is 0. The molecule has 1 aliphatic rings. The van der Waals surface area contributed by atoms with E-state index >= 15 is 0 Å². The molecule has 104 valence electrons. The van der Waals surface area contributed by atoms with Gasteiger partial charge in [0.2, 0.25) is 0 Å². The van der Waals surface area contributed by atoms with Gasteiger partial charge in [0.15, 0.2) is 0 Å². The molecule has 1 aromatic carbocycles. The van der Waals surface area contributed by atoms with Gasteiger partial charge in [-0.15, -0.1) is 0 Å². The van der Waals surface area contributed by atoms with Crippen LogP contribution in [0.15, 0.2) is 12.1 Å². The first-order valence-electron chi connectivity index (χ1n) is 6.54. The summed E-state index contributed by atoms with van der Waals surface area (Å²) in [4.78, 5) is 14.2. The molecule has 0 unspecified atom stereocenters. The van der Waals surface area contributed by atoms with Crippen LogP contribution < -0.4 is 0 Å². The highest BCUT2D eigenvalue weighted by Crippen LogP contribution is 2.27. The van der Waals surface area contributed by atoms with E-state index in [0.29, 0.717) is 25.3 Å². The van der Waals surface area contributed by atoms with E-state index in [1.807, 2.05) is 33.8 Å². The summed E-state index contributed by atoms with van der Waals surface area (Å²) in [7, 11) is 0. The number of amides is 1. The molecular weight excluding hydrogens is 242 g/mol. The minimum Gasteiger partial charge on any atom is -0.507 e. The second kappa shape index (κ2) is 4.85. The van der Waals surface area contributed by atoms with Gasteiger partial charge in [-0.2, -0.15) is 0 Å². The summed E-state index contributed by atoms with van der Waals surface area (Å²) in [6.45, 7) is 9.31. The number of hydrogen-bond donors (Lipinski definition) is 1. The molecule has 1 N–H and O–H groups in total. The van der Waals surface area contributed by atoms with E-state index in [0.717, 1.165) is 11.1 Å². The summed E-state index contributed by atoms with van der Waals surface area (Å²) in [5, 5.41) is 10.1. The lowest BCUT2D eigenvalue weighted by Gasteiger charge is -2.38. The van der Waals surface area contributed by atoms with Gasteiger partial charge in [-0.3, -0.25) is 4.79 Å². The highest BCUT2D eigenvalue weighted by molar-refractivity contribution is 5.97. The molecule has 1 aromatic rings. The number of aryl methyl sites for hydroxylation is 1. The Balaban J connectivity index is 2.27. The molecule has 19 heavy (non-hydrogen) atoms. The zero-order valence-electron chi connectivity index (χ0n) is 12.0. The minimum absolute atomic E-state index is 0.0919. The average molecular weight is 263 g/mol. The molecular formula is C15H21NO3. The summed E-state index contributed by atoms with van der Waals surface area (Å²) in [5.74, 6) is -0.0359. The van der Waals surface area contributed by atoms with Crippen LogP contribution in [0.3, 0.4) is 0 Å². The smallest absolute Gasteiger partial charge is 0.257 e. The Kier molecular flexibility index (Phi) is 3.54. The number of phenolic OH excluding ortho intramolecular Hbond substituents is 1. The molecule has 4 nitrogen and oxygen atoms in total. The van der Waals surface area contributed by atoms with Gasteiger partial charge in [0.1, 0.15) is 5.75 Å². The number of morpholine rings is 1. The Hall–Kier alpha value is -1.55. The molecule has 0 spiro atoms. The van der Waals surface area contributed by atoms with Crippen LogP contribution in [0.1, 0.15) is 35.3 Å². The third-order valence-electron chi connectivity index (χ3n) is 3.65. The van der Waals surface area contributed by atoms with Crippen molar-refractivity contribution in [1.82, 2.24) is 4.90 Å². The van der Waals surface area contributed by atoms with Crippen LogP contribution in [0.2, 0.25) is 0 Å². The maximum Gasteiger partial charge on any atom is 0.257 e. The zero-order chi connectivity index (χ0) is 14.2. The van der Waals surface area contributed by atoms with E-state index in [2.05, 4.69) is 0 Å². The molecule has 1 amide bonds. The standard InChI is InChI=1S/C15H21NO3/c1-10-5-6-12(13(17)11(10)2)14(18)16-7-8-19-15(3,4)9-16/h5-6,17H,7-9H2,1-4H3. The summed E-state index contributed by atoms with van der Waals surface area (Å²) < 4.78 is 5.60. The Morgan fingerprint density at radius 1 is 1.37 bits per heavy atom. The van der Waals surface area contributed by atoms with Crippen LogP contribution >= 0.6 is 0 Å².